The van der Waals surface area contributed by atoms with E-state index in [1.807, 2.05) is 0 Å². The Labute approximate surface area is 109 Å². The van der Waals surface area contributed by atoms with Crippen molar-refractivity contribution in [3.05, 3.63) is 35.4 Å². The normalized spacial score (nSPS) is 14.4. The fourth-order valence-corrected chi connectivity index (χ4v) is 1.29. The first-order valence-corrected chi connectivity index (χ1v) is 5.27. The van der Waals surface area contributed by atoms with Gasteiger partial charge in [-0.25, -0.2) is 8.78 Å². The lowest BCUT2D eigenvalue weighted by molar-refractivity contribution is -0.297. The summed E-state index contributed by atoms with van der Waals surface area (Å²) in [6.07, 6.45) is -5.74. The van der Waals surface area contributed by atoms with Crippen LogP contribution in [0.5, 0.6) is 0 Å². The Morgan fingerprint density at radius 1 is 1.10 bits per heavy atom. The van der Waals surface area contributed by atoms with Crippen LogP contribution in [0.4, 0.5) is 30.7 Å². The zero-order valence-corrected chi connectivity index (χ0v) is 9.85. The molecule has 0 heterocycles. The molecular formula is C11H10F7NO. The van der Waals surface area contributed by atoms with Gasteiger partial charge >= 0.3 is 12.1 Å². The number of nitrogens with two attached hydrogens (primary N) is 1. The van der Waals surface area contributed by atoms with Crippen LogP contribution < -0.4 is 5.73 Å². The van der Waals surface area contributed by atoms with Gasteiger partial charge in [-0.3, -0.25) is 0 Å². The van der Waals surface area contributed by atoms with Gasteiger partial charge in [0.05, 0.1) is 12.6 Å². The van der Waals surface area contributed by atoms with E-state index in [4.69, 9.17) is 5.73 Å². The van der Waals surface area contributed by atoms with Gasteiger partial charge in [0.25, 0.3) is 0 Å². The summed E-state index contributed by atoms with van der Waals surface area (Å²) >= 11 is 0. The van der Waals surface area contributed by atoms with Crippen LogP contribution in [0.25, 0.3) is 0 Å². The van der Waals surface area contributed by atoms with Crippen molar-refractivity contribution in [3.8, 4) is 0 Å². The third-order valence-electron chi connectivity index (χ3n) is 2.36. The van der Waals surface area contributed by atoms with Gasteiger partial charge in [-0.05, 0) is 6.07 Å². The van der Waals surface area contributed by atoms with E-state index in [1.54, 1.807) is 0 Å². The van der Waals surface area contributed by atoms with Crippen molar-refractivity contribution in [1.29, 1.82) is 0 Å². The van der Waals surface area contributed by atoms with Crippen LogP contribution in [0.1, 0.15) is 11.6 Å². The van der Waals surface area contributed by atoms with Crippen LogP contribution >= 0.6 is 0 Å². The Balaban J connectivity index is 2.58. The lowest BCUT2D eigenvalue weighted by Gasteiger charge is -2.20. The van der Waals surface area contributed by atoms with Crippen molar-refractivity contribution in [2.45, 2.75) is 18.1 Å². The van der Waals surface area contributed by atoms with Crippen LogP contribution in [0, 0.1) is 11.6 Å². The SMILES string of the molecule is NC(COCC(F)(F)C(F)(F)F)c1ccc(F)cc1F. The molecule has 0 radical (unpaired) electrons. The molecule has 1 aromatic rings. The molecule has 2 nitrogen and oxygen atoms in total. The largest absolute Gasteiger partial charge is 0.455 e. The molecule has 0 aliphatic rings. The van der Waals surface area contributed by atoms with Crippen molar-refractivity contribution in [2.24, 2.45) is 5.73 Å². The molecule has 1 atom stereocenters. The fraction of sp³-hybridized carbons (Fsp3) is 0.455. The van der Waals surface area contributed by atoms with Crippen LogP contribution in [0.15, 0.2) is 18.2 Å². The van der Waals surface area contributed by atoms with Crippen LogP contribution in [-0.4, -0.2) is 25.3 Å². The maximum absolute atomic E-state index is 13.2. The Kier molecular flexibility index (Phi) is 4.98. The minimum absolute atomic E-state index is 0.248. The number of benzene rings is 1. The maximum atomic E-state index is 13.2. The second kappa shape index (κ2) is 5.96. The van der Waals surface area contributed by atoms with Crippen molar-refractivity contribution in [3.63, 3.8) is 0 Å². The molecule has 0 aliphatic heterocycles. The Hall–Kier alpha value is -1.35. The van der Waals surface area contributed by atoms with Gasteiger partial charge in [-0.1, -0.05) is 6.07 Å². The summed E-state index contributed by atoms with van der Waals surface area (Å²) in [6.45, 7) is -2.69. The highest BCUT2D eigenvalue weighted by atomic mass is 19.4. The second-order valence-corrected chi connectivity index (χ2v) is 3.99. The maximum Gasteiger partial charge on any atom is 0.455 e. The van der Waals surface area contributed by atoms with Gasteiger partial charge in [-0.2, -0.15) is 22.0 Å². The quantitative estimate of drug-likeness (QED) is 0.848. The topological polar surface area (TPSA) is 35.2 Å². The molecule has 0 aliphatic carbocycles. The Morgan fingerprint density at radius 2 is 1.70 bits per heavy atom. The third kappa shape index (κ3) is 4.07. The van der Waals surface area contributed by atoms with Crippen LogP contribution in [0.3, 0.4) is 0 Å². The number of halogens is 7. The van der Waals surface area contributed by atoms with E-state index in [-0.39, 0.29) is 5.56 Å². The van der Waals surface area contributed by atoms with E-state index in [0.717, 1.165) is 12.1 Å². The predicted molar refractivity (Wildman–Crippen MR) is 55.1 cm³/mol. The highest BCUT2D eigenvalue weighted by molar-refractivity contribution is 5.21. The summed E-state index contributed by atoms with van der Waals surface area (Å²) in [5.41, 5.74) is 5.12. The Morgan fingerprint density at radius 3 is 2.20 bits per heavy atom. The van der Waals surface area contributed by atoms with Gasteiger partial charge in [0.1, 0.15) is 18.2 Å². The van der Waals surface area contributed by atoms with Crippen molar-refractivity contribution < 1.29 is 35.5 Å². The first-order chi connectivity index (χ1) is 9.04. The van der Waals surface area contributed by atoms with Gasteiger partial charge in [-0.15, -0.1) is 0 Å². The zero-order chi connectivity index (χ0) is 15.6. The Bertz CT molecular complexity index is 461. The minimum atomic E-state index is -5.74. The average molecular weight is 305 g/mol. The first kappa shape index (κ1) is 16.7. The zero-order valence-electron chi connectivity index (χ0n) is 9.85. The summed E-state index contributed by atoms with van der Waals surface area (Å²) in [4.78, 5) is 0. The smallest absolute Gasteiger partial charge is 0.373 e. The van der Waals surface area contributed by atoms with E-state index in [0.29, 0.717) is 6.07 Å². The average Bonchev–Trinajstić information content (AvgIpc) is 2.26. The molecule has 9 heteroatoms. The molecule has 0 saturated carbocycles. The summed E-state index contributed by atoms with van der Waals surface area (Å²) in [5, 5.41) is 0. The highest BCUT2D eigenvalue weighted by Crippen LogP contribution is 2.35. The van der Waals surface area contributed by atoms with Crippen LogP contribution in [-0.2, 0) is 4.74 Å². The lowest BCUT2D eigenvalue weighted by atomic mass is 10.1. The minimum Gasteiger partial charge on any atom is -0.373 e. The summed E-state index contributed by atoms with van der Waals surface area (Å²) in [6, 6.07) is 1.06. The molecule has 1 unspecified atom stereocenters. The van der Waals surface area contributed by atoms with Gasteiger partial charge in [0.15, 0.2) is 0 Å². The monoisotopic (exact) mass is 305 g/mol. The number of rotatable bonds is 5. The van der Waals surface area contributed by atoms with Gasteiger partial charge in [0, 0.05) is 11.6 Å². The van der Waals surface area contributed by atoms with Crippen LogP contribution in [0.2, 0.25) is 0 Å². The molecule has 0 aromatic heterocycles. The van der Waals surface area contributed by atoms with E-state index in [2.05, 4.69) is 4.74 Å². The predicted octanol–water partition coefficient (Wildman–Crippen LogP) is 3.18. The molecular weight excluding hydrogens is 295 g/mol. The standard InChI is InChI=1S/C11H10F7NO/c12-6-1-2-7(8(13)3-6)9(19)4-20-5-10(14,15)11(16,17)18/h1-3,9H,4-5,19H2. The van der Waals surface area contributed by atoms with Crippen molar-refractivity contribution in [1.82, 2.24) is 0 Å². The summed E-state index contributed by atoms with van der Waals surface area (Å²) in [5.74, 6) is -6.93. The summed E-state index contributed by atoms with van der Waals surface area (Å²) in [7, 11) is 0. The van der Waals surface area contributed by atoms with E-state index >= 15 is 0 Å². The highest BCUT2D eigenvalue weighted by Gasteiger charge is 2.57. The molecule has 0 spiro atoms. The fourth-order valence-electron chi connectivity index (χ4n) is 1.29. The lowest BCUT2D eigenvalue weighted by Crippen LogP contribution is -2.41. The van der Waals surface area contributed by atoms with E-state index in [9.17, 15) is 30.7 Å². The molecule has 0 saturated heterocycles. The third-order valence-corrected chi connectivity index (χ3v) is 2.36. The molecule has 114 valence electrons. The van der Waals surface area contributed by atoms with Crippen molar-refractivity contribution >= 4 is 0 Å². The molecule has 2 N–H and O–H groups in total. The molecule has 1 aromatic carbocycles. The molecule has 0 fully saturated rings. The molecule has 20 heavy (non-hydrogen) atoms. The second-order valence-electron chi connectivity index (χ2n) is 3.99. The molecule has 0 amide bonds. The van der Waals surface area contributed by atoms with Gasteiger partial charge < -0.3 is 10.5 Å². The molecule has 0 bridgehead atoms. The first-order valence-electron chi connectivity index (χ1n) is 5.27. The number of hydrogen-bond donors (Lipinski definition) is 1. The number of ether oxygens (including phenoxy) is 1. The summed E-state index contributed by atoms with van der Waals surface area (Å²) < 4.78 is 90.5. The van der Waals surface area contributed by atoms with E-state index < -0.39 is 43.0 Å². The number of hydrogen-bond acceptors (Lipinski definition) is 2. The van der Waals surface area contributed by atoms with E-state index in [1.165, 1.54) is 0 Å². The molecule has 1 rings (SSSR count). The number of alkyl halides is 5. The van der Waals surface area contributed by atoms with Crippen molar-refractivity contribution in [2.75, 3.05) is 13.2 Å². The van der Waals surface area contributed by atoms with Gasteiger partial charge in [0.2, 0.25) is 0 Å².